The van der Waals surface area contributed by atoms with Gasteiger partial charge in [-0.3, -0.25) is 9.59 Å². The number of nitrogens with zero attached hydrogens (tertiary/aromatic N) is 1. The second kappa shape index (κ2) is 5.84. The zero-order valence-electron chi connectivity index (χ0n) is 10.0. The Morgan fingerprint density at radius 2 is 2.00 bits per heavy atom. The first-order valence-electron chi connectivity index (χ1n) is 5.86. The predicted molar refractivity (Wildman–Crippen MR) is 61.7 cm³/mol. The summed E-state index contributed by atoms with van der Waals surface area (Å²) in [5, 5.41) is 2.93. The fourth-order valence-electron chi connectivity index (χ4n) is 1.83. The Bertz CT molecular complexity index is 260. The predicted octanol–water partition coefficient (Wildman–Crippen LogP) is -0.149. The van der Waals surface area contributed by atoms with Crippen molar-refractivity contribution in [3.05, 3.63) is 0 Å². The van der Waals surface area contributed by atoms with Crippen LogP contribution in [0.4, 0.5) is 0 Å². The monoisotopic (exact) mass is 227 g/mol. The molecule has 0 aromatic heterocycles. The van der Waals surface area contributed by atoms with Gasteiger partial charge in [0.25, 0.3) is 0 Å². The Balaban J connectivity index is 2.32. The van der Waals surface area contributed by atoms with Gasteiger partial charge in [-0.25, -0.2) is 0 Å². The summed E-state index contributed by atoms with van der Waals surface area (Å²) < 4.78 is 0. The first-order chi connectivity index (χ1) is 7.54. The molecule has 1 rings (SSSR count). The molecule has 1 aliphatic heterocycles. The van der Waals surface area contributed by atoms with Gasteiger partial charge in [-0.15, -0.1) is 0 Å². The molecule has 3 N–H and O–H groups in total. The van der Waals surface area contributed by atoms with Crippen LogP contribution in [-0.4, -0.2) is 41.9 Å². The van der Waals surface area contributed by atoms with Crippen LogP contribution in [0.1, 0.15) is 33.1 Å². The van der Waals surface area contributed by atoms with Gasteiger partial charge in [0.2, 0.25) is 11.8 Å². The molecule has 5 nitrogen and oxygen atoms in total. The Hall–Kier alpha value is -1.10. The number of likely N-dealkylation sites (tertiary alicyclic amines) is 1. The number of hydrogen-bond donors (Lipinski definition) is 2. The number of nitrogens with two attached hydrogens (primary N) is 1. The standard InChI is InChI=1S/C11H21N3O2/c1-3-10(12)11(16)13-9-4-6-14(7-5-9)8(2)15/h9-10H,3-7,12H2,1-2H3,(H,13,16)/t10-/m0/s1. The van der Waals surface area contributed by atoms with Gasteiger partial charge in [-0.2, -0.15) is 0 Å². The van der Waals surface area contributed by atoms with Crippen molar-refractivity contribution in [2.24, 2.45) is 5.73 Å². The Kier molecular flexibility index (Phi) is 4.73. The lowest BCUT2D eigenvalue weighted by atomic mass is 10.0. The van der Waals surface area contributed by atoms with Gasteiger partial charge in [-0.05, 0) is 19.3 Å². The van der Waals surface area contributed by atoms with Crippen molar-refractivity contribution in [1.82, 2.24) is 10.2 Å². The summed E-state index contributed by atoms with van der Waals surface area (Å²) in [5.74, 6) is 0.0267. The van der Waals surface area contributed by atoms with Crippen LogP contribution in [-0.2, 0) is 9.59 Å². The molecule has 0 aromatic carbocycles. The summed E-state index contributed by atoms with van der Waals surface area (Å²) in [5.41, 5.74) is 5.63. The highest BCUT2D eigenvalue weighted by Crippen LogP contribution is 2.10. The quantitative estimate of drug-likeness (QED) is 0.704. The average molecular weight is 227 g/mol. The third-order valence-corrected chi connectivity index (χ3v) is 3.06. The lowest BCUT2D eigenvalue weighted by Gasteiger charge is -2.32. The zero-order chi connectivity index (χ0) is 12.1. The largest absolute Gasteiger partial charge is 0.352 e. The van der Waals surface area contributed by atoms with E-state index in [2.05, 4.69) is 5.32 Å². The molecule has 2 amide bonds. The second-order valence-electron chi connectivity index (χ2n) is 4.30. The van der Waals surface area contributed by atoms with Gasteiger partial charge in [-0.1, -0.05) is 6.92 Å². The SMILES string of the molecule is CC[C@H](N)C(=O)NC1CCN(C(C)=O)CC1. The number of carbonyl (C=O) groups excluding carboxylic acids is 2. The molecule has 92 valence electrons. The number of carbonyl (C=O) groups is 2. The Morgan fingerprint density at radius 1 is 1.44 bits per heavy atom. The minimum Gasteiger partial charge on any atom is -0.352 e. The van der Waals surface area contributed by atoms with Crippen molar-refractivity contribution < 1.29 is 9.59 Å². The summed E-state index contributed by atoms with van der Waals surface area (Å²) in [6.45, 7) is 4.91. The van der Waals surface area contributed by atoms with Crippen molar-refractivity contribution in [1.29, 1.82) is 0 Å². The molecule has 0 saturated carbocycles. The lowest BCUT2D eigenvalue weighted by molar-refractivity contribution is -0.130. The molecule has 0 aromatic rings. The molecular weight excluding hydrogens is 206 g/mol. The van der Waals surface area contributed by atoms with Crippen LogP contribution in [0.3, 0.4) is 0 Å². The van der Waals surface area contributed by atoms with E-state index >= 15 is 0 Å². The summed E-state index contributed by atoms with van der Waals surface area (Å²) in [7, 11) is 0. The third kappa shape index (κ3) is 3.48. The Labute approximate surface area is 96.4 Å². The van der Waals surface area contributed by atoms with Crippen LogP contribution >= 0.6 is 0 Å². The molecule has 1 saturated heterocycles. The van der Waals surface area contributed by atoms with E-state index < -0.39 is 6.04 Å². The van der Waals surface area contributed by atoms with E-state index in [1.807, 2.05) is 11.8 Å². The molecule has 0 spiro atoms. The van der Waals surface area contributed by atoms with Gasteiger partial charge in [0.05, 0.1) is 6.04 Å². The van der Waals surface area contributed by atoms with Gasteiger partial charge in [0, 0.05) is 26.1 Å². The second-order valence-corrected chi connectivity index (χ2v) is 4.30. The highest BCUT2D eigenvalue weighted by atomic mass is 16.2. The fourth-order valence-corrected chi connectivity index (χ4v) is 1.83. The van der Waals surface area contributed by atoms with Crippen LogP contribution in [0.2, 0.25) is 0 Å². The fraction of sp³-hybridized carbons (Fsp3) is 0.818. The average Bonchev–Trinajstić information content (AvgIpc) is 2.28. The lowest BCUT2D eigenvalue weighted by Crippen LogP contribution is -2.50. The summed E-state index contributed by atoms with van der Waals surface area (Å²) in [6, 6.07) is -0.244. The molecule has 16 heavy (non-hydrogen) atoms. The van der Waals surface area contributed by atoms with Crippen LogP contribution in [0.15, 0.2) is 0 Å². The molecule has 1 aliphatic rings. The maximum Gasteiger partial charge on any atom is 0.237 e. The molecule has 5 heteroatoms. The molecule has 1 heterocycles. The van der Waals surface area contributed by atoms with E-state index in [4.69, 9.17) is 5.73 Å². The molecular formula is C11H21N3O2. The first-order valence-corrected chi connectivity index (χ1v) is 5.86. The normalized spacial score (nSPS) is 19.3. The van der Waals surface area contributed by atoms with Crippen LogP contribution < -0.4 is 11.1 Å². The number of hydrogen-bond acceptors (Lipinski definition) is 3. The summed E-state index contributed by atoms with van der Waals surface area (Å²) >= 11 is 0. The minimum absolute atomic E-state index is 0.0798. The van der Waals surface area contributed by atoms with Gasteiger partial charge in [0.15, 0.2) is 0 Å². The zero-order valence-corrected chi connectivity index (χ0v) is 10.0. The van der Waals surface area contributed by atoms with Crippen LogP contribution in [0.25, 0.3) is 0 Å². The smallest absolute Gasteiger partial charge is 0.237 e. The van der Waals surface area contributed by atoms with E-state index in [1.54, 1.807) is 6.92 Å². The number of amides is 2. The third-order valence-electron chi connectivity index (χ3n) is 3.06. The summed E-state index contributed by atoms with van der Waals surface area (Å²) in [6.07, 6.45) is 2.29. The molecule has 0 radical (unpaired) electrons. The van der Waals surface area contributed by atoms with Crippen LogP contribution in [0, 0.1) is 0 Å². The van der Waals surface area contributed by atoms with Crippen LogP contribution in [0.5, 0.6) is 0 Å². The van der Waals surface area contributed by atoms with Crippen molar-refractivity contribution in [3.8, 4) is 0 Å². The van der Waals surface area contributed by atoms with Gasteiger partial charge < -0.3 is 16.0 Å². The highest BCUT2D eigenvalue weighted by Gasteiger charge is 2.23. The topological polar surface area (TPSA) is 75.4 Å². The van der Waals surface area contributed by atoms with E-state index in [9.17, 15) is 9.59 Å². The van der Waals surface area contributed by atoms with Crippen molar-refractivity contribution in [2.75, 3.05) is 13.1 Å². The van der Waals surface area contributed by atoms with E-state index in [1.165, 1.54) is 0 Å². The molecule has 1 atom stereocenters. The maximum atomic E-state index is 11.5. The van der Waals surface area contributed by atoms with Crippen molar-refractivity contribution in [3.63, 3.8) is 0 Å². The number of piperidine rings is 1. The number of rotatable bonds is 3. The first kappa shape index (κ1) is 13.0. The number of nitrogens with one attached hydrogen (secondary N) is 1. The van der Waals surface area contributed by atoms with Gasteiger partial charge in [0.1, 0.15) is 0 Å². The molecule has 0 aliphatic carbocycles. The maximum absolute atomic E-state index is 11.5. The van der Waals surface area contributed by atoms with E-state index in [0.29, 0.717) is 6.42 Å². The van der Waals surface area contributed by atoms with Crippen molar-refractivity contribution >= 4 is 11.8 Å². The minimum atomic E-state index is -0.411. The van der Waals surface area contributed by atoms with Gasteiger partial charge >= 0.3 is 0 Å². The highest BCUT2D eigenvalue weighted by molar-refractivity contribution is 5.81. The van der Waals surface area contributed by atoms with E-state index in [0.717, 1.165) is 25.9 Å². The molecule has 1 fully saturated rings. The molecule has 0 unspecified atom stereocenters. The molecule has 0 bridgehead atoms. The van der Waals surface area contributed by atoms with Crippen molar-refractivity contribution in [2.45, 2.75) is 45.2 Å². The Morgan fingerprint density at radius 3 is 2.44 bits per heavy atom. The summed E-state index contributed by atoms with van der Waals surface area (Å²) in [4.78, 5) is 24.4. The van der Waals surface area contributed by atoms with E-state index in [-0.39, 0.29) is 17.9 Å².